The predicted octanol–water partition coefficient (Wildman–Crippen LogP) is 3.28. The molecule has 1 aromatic heterocycles. The number of aryl methyl sites for hydroxylation is 1. The molecule has 4 heteroatoms. The van der Waals surface area contributed by atoms with E-state index in [4.69, 9.17) is 4.74 Å². The molecular weight excluding hydrogens is 298 g/mol. The molecule has 3 saturated carbocycles. The van der Waals surface area contributed by atoms with E-state index in [0.29, 0.717) is 12.1 Å². The van der Waals surface area contributed by atoms with Crippen LogP contribution in [0.25, 0.3) is 0 Å². The molecule has 1 aliphatic heterocycles. The molecule has 0 bridgehead atoms. The zero-order chi connectivity index (χ0) is 16.1. The third-order valence-corrected chi connectivity index (χ3v) is 6.69. The van der Waals surface area contributed by atoms with E-state index < -0.39 is 0 Å². The maximum atomic E-state index is 6.44. The van der Waals surface area contributed by atoms with Gasteiger partial charge in [0.15, 0.2) is 0 Å². The Morgan fingerprint density at radius 1 is 1.08 bits per heavy atom. The molecular formula is C20H31N3O. The molecule has 0 unspecified atom stereocenters. The Morgan fingerprint density at radius 3 is 2.50 bits per heavy atom. The van der Waals surface area contributed by atoms with Crippen LogP contribution in [0.4, 0.5) is 0 Å². The number of nitrogens with zero attached hydrogens (tertiary/aromatic N) is 3. The van der Waals surface area contributed by atoms with Crippen LogP contribution in [0.5, 0.6) is 0 Å². The van der Waals surface area contributed by atoms with Crippen molar-refractivity contribution in [3.63, 3.8) is 0 Å². The van der Waals surface area contributed by atoms with Crippen molar-refractivity contribution in [3.8, 4) is 0 Å². The molecule has 0 aromatic carbocycles. The molecule has 4 aliphatic rings. The van der Waals surface area contributed by atoms with E-state index in [-0.39, 0.29) is 0 Å². The number of aromatic nitrogens is 2. The van der Waals surface area contributed by atoms with Gasteiger partial charge in [0.25, 0.3) is 0 Å². The summed E-state index contributed by atoms with van der Waals surface area (Å²) in [7, 11) is 0. The summed E-state index contributed by atoms with van der Waals surface area (Å²) in [6, 6.07) is 0.444. The fourth-order valence-electron chi connectivity index (χ4n) is 4.92. The Balaban J connectivity index is 1.29. The lowest BCUT2D eigenvalue weighted by molar-refractivity contribution is -0.0371. The topological polar surface area (TPSA) is 30.3 Å². The van der Waals surface area contributed by atoms with Crippen LogP contribution in [0.1, 0.15) is 50.1 Å². The fraction of sp³-hybridized carbons (Fsp3) is 0.850. The summed E-state index contributed by atoms with van der Waals surface area (Å²) in [6.45, 7) is 7.10. The second kappa shape index (κ2) is 6.14. The normalized spacial score (nSPS) is 36.9. The molecule has 4 fully saturated rings. The van der Waals surface area contributed by atoms with Crippen molar-refractivity contribution in [2.24, 2.45) is 23.7 Å². The van der Waals surface area contributed by atoms with Crippen molar-refractivity contribution in [2.75, 3.05) is 26.2 Å². The predicted molar refractivity (Wildman–Crippen MR) is 93.8 cm³/mol. The first-order valence-electron chi connectivity index (χ1n) is 10.1. The number of likely N-dealkylation sites (tertiary alicyclic amines) is 1. The molecule has 2 heterocycles. The first-order chi connectivity index (χ1) is 11.7. The van der Waals surface area contributed by atoms with E-state index in [1.54, 1.807) is 0 Å². The number of hydrogen-bond acceptors (Lipinski definition) is 3. The van der Waals surface area contributed by atoms with Gasteiger partial charge in [-0.2, -0.15) is 5.10 Å². The SMILES string of the molecule is Cc1cnn([C@H]2C[C@H]3CN(CC4CC4)C[C@H]3C[C@@H]2OCC2CC2)c1. The fourth-order valence-corrected chi connectivity index (χ4v) is 4.92. The summed E-state index contributed by atoms with van der Waals surface area (Å²) in [5.74, 6) is 3.55. The number of fused-ring (bicyclic) bond motifs is 1. The highest BCUT2D eigenvalue weighted by Gasteiger charge is 2.44. The summed E-state index contributed by atoms with van der Waals surface area (Å²) in [5.41, 5.74) is 1.26. The third kappa shape index (κ3) is 3.28. The van der Waals surface area contributed by atoms with Crippen molar-refractivity contribution >= 4 is 0 Å². The van der Waals surface area contributed by atoms with Crippen molar-refractivity contribution in [2.45, 2.75) is 57.6 Å². The molecule has 0 N–H and O–H groups in total. The molecule has 4 nitrogen and oxygen atoms in total. The molecule has 3 aliphatic carbocycles. The second-order valence-corrected chi connectivity index (χ2v) is 9.03. The summed E-state index contributed by atoms with van der Waals surface area (Å²) in [6.07, 6.45) is 12.8. The zero-order valence-electron chi connectivity index (χ0n) is 14.9. The Bertz CT molecular complexity index is 577. The Labute approximate surface area is 145 Å². The lowest BCUT2D eigenvalue weighted by Crippen LogP contribution is -2.38. The maximum Gasteiger partial charge on any atom is 0.0802 e. The van der Waals surface area contributed by atoms with Gasteiger partial charge >= 0.3 is 0 Å². The summed E-state index contributed by atoms with van der Waals surface area (Å²) in [4.78, 5) is 2.75. The maximum absolute atomic E-state index is 6.44. The van der Waals surface area contributed by atoms with E-state index in [1.165, 1.54) is 63.7 Å². The van der Waals surface area contributed by atoms with Gasteiger partial charge in [0.2, 0.25) is 0 Å². The standard InChI is InChI=1S/C20H31N3O/c1-14-8-21-23(9-14)19-6-17-11-22(10-15-2-3-15)12-18(17)7-20(19)24-13-16-4-5-16/h8-9,15-20H,2-7,10-13H2,1H3/t17-,18+,19-,20-/m0/s1. The minimum absolute atomic E-state index is 0.368. The lowest BCUT2D eigenvalue weighted by atomic mass is 9.77. The van der Waals surface area contributed by atoms with Gasteiger partial charge in [0.05, 0.1) is 18.3 Å². The molecule has 0 spiro atoms. The van der Waals surface area contributed by atoms with E-state index in [1.807, 2.05) is 6.20 Å². The summed E-state index contributed by atoms with van der Waals surface area (Å²) < 4.78 is 8.66. The molecule has 1 saturated heterocycles. The highest BCUT2D eigenvalue weighted by Crippen LogP contribution is 2.44. The van der Waals surface area contributed by atoms with Crippen LogP contribution in [0.15, 0.2) is 12.4 Å². The third-order valence-electron chi connectivity index (χ3n) is 6.69. The molecule has 0 amide bonds. The van der Waals surface area contributed by atoms with E-state index in [9.17, 15) is 0 Å². The zero-order valence-corrected chi connectivity index (χ0v) is 14.9. The Kier molecular flexibility index (Phi) is 3.93. The van der Waals surface area contributed by atoms with Crippen LogP contribution in [0, 0.1) is 30.6 Å². The number of rotatable bonds is 6. The molecule has 4 atom stereocenters. The molecule has 5 rings (SSSR count). The smallest absolute Gasteiger partial charge is 0.0802 e. The largest absolute Gasteiger partial charge is 0.376 e. The van der Waals surface area contributed by atoms with Crippen molar-refractivity contribution < 1.29 is 4.74 Å². The van der Waals surface area contributed by atoms with Gasteiger partial charge in [-0.1, -0.05) is 0 Å². The number of hydrogen-bond donors (Lipinski definition) is 0. The van der Waals surface area contributed by atoms with Gasteiger partial charge in [-0.25, -0.2) is 0 Å². The minimum Gasteiger partial charge on any atom is -0.376 e. The molecule has 1 aromatic rings. The van der Waals surface area contributed by atoms with Crippen LogP contribution >= 0.6 is 0 Å². The van der Waals surface area contributed by atoms with Gasteiger partial charge in [-0.05, 0) is 74.7 Å². The Hall–Kier alpha value is -0.870. The van der Waals surface area contributed by atoms with Gasteiger partial charge in [0.1, 0.15) is 0 Å². The van der Waals surface area contributed by atoms with Crippen molar-refractivity contribution in [1.82, 2.24) is 14.7 Å². The highest BCUT2D eigenvalue weighted by molar-refractivity contribution is 5.03. The van der Waals surface area contributed by atoms with Gasteiger partial charge < -0.3 is 9.64 Å². The molecule has 24 heavy (non-hydrogen) atoms. The lowest BCUT2D eigenvalue weighted by Gasteiger charge is -2.38. The van der Waals surface area contributed by atoms with Gasteiger partial charge in [0, 0.05) is 32.4 Å². The quantitative estimate of drug-likeness (QED) is 0.802. The second-order valence-electron chi connectivity index (χ2n) is 9.03. The van der Waals surface area contributed by atoms with Crippen molar-refractivity contribution in [1.29, 1.82) is 0 Å². The molecule has 132 valence electrons. The number of ether oxygens (including phenoxy) is 1. The average molecular weight is 329 g/mol. The minimum atomic E-state index is 0.368. The summed E-state index contributed by atoms with van der Waals surface area (Å²) >= 11 is 0. The average Bonchev–Trinajstić information content (AvgIpc) is 3.47. The van der Waals surface area contributed by atoms with Crippen LogP contribution < -0.4 is 0 Å². The van der Waals surface area contributed by atoms with Crippen LogP contribution in [0.2, 0.25) is 0 Å². The van der Waals surface area contributed by atoms with E-state index >= 15 is 0 Å². The van der Waals surface area contributed by atoms with Crippen LogP contribution in [0.3, 0.4) is 0 Å². The monoisotopic (exact) mass is 329 g/mol. The first-order valence-corrected chi connectivity index (χ1v) is 10.1. The summed E-state index contributed by atoms with van der Waals surface area (Å²) in [5, 5.41) is 4.65. The Morgan fingerprint density at radius 2 is 1.83 bits per heavy atom. The van der Waals surface area contributed by atoms with Crippen LogP contribution in [-0.2, 0) is 4.74 Å². The van der Waals surface area contributed by atoms with Gasteiger partial charge in [-0.15, -0.1) is 0 Å². The van der Waals surface area contributed by atoms with Crippen LogP contribution in [-0.4, -0.2) is 47.0 Å². The molecule has 0 radical (unpaired) electrons. The van der Waals surface area contributed by atoms with E-state index in [0.717, 1.165) is 30.3 Å². The van der Waals surface area contributed by atoms with Crippen molar-refractivity contribution in [3.05, 3.63) is 18.0 Å². The van der Waals surface area contributed by atoms with Gasteiger partial charge in [-0.3, -0.25) is 4.68 Å². The first kappa shape index (κ1) is 15.4. The highest BCUT2D eigenvalue weighted by atomic mass is 16.5. The van der Waals surface area contributed by atoms with E-state index in [2.05, 4.69) is 27.8 Å².